The summed E-state index contributed by atoms with van der Waals surface area (Å²) in [5.41, 5.74) is 2.95. The highest BCUT2D eigenvalue weighted by Crippen LogP contribution is 2.21. The Morgan fingerprint density at radius 2 is 1.83 bits per heavy atom. The smallest absolute Gasteiger partial charge is 0.274 e. The number of aromatic nitrogens is 1. The van der Waals surface area contributed by atoms with Gasteiger partial charge in [0.05, 0.1) is 11.6 Å². The van der Waals surface area contributed by atoms with Crippen LogP contribution in [0.5, 0.6) is 5.75 Å². The molecule has 152 valence electrons. The quantitative estimate of drug-likeness (QED) is 0.587. The first-order valence-corrected chi connectivity index (χ1v) is 9.59. The lowest BCUT2D eigenvalue weighted by Crippen LogP contribution is -2.28. The first-order valence-electron chi connectivity index (χ1n) is 9.59. The number of aryl methyl sites for hydroxylation is 1. The van der Waals surface area contributed by atoms with Crippen molar-refractivity contribution in [3.8, 4) is 5.75 Å². The summed E-state index contributed by atoms with van der Waals surface area (Å²) in [6, 6.07) is 13.8. The maximum Gasteiger partial charge on any atom is 0.274 e. The Balaban J connectivity index is 1.69. The molecule has 0 bridgehead atoms. The van der Waals surface area contributed by atoms with Crippen molar-refractivity contribution < 1.29 is 18.4 Å². The van der Waals surface area contributed by atoms with Gasteiger partial charge in [-0.1, -0.05) is 49.3 Å². The minimum atomic E-state index is -0.389. The number of ether oxygens (including phenoxy) is 1. The fraction of sp³-hybridized carbons (Fsp3) is 0.304. The summed E-state index contributed by atoms with van der Waals surface area (Å²) in [4.78, 5) is 12.8. The first kappa shape index (κ1) is 20.6. The van der Waals surface area contributed by atoms with E-state index in [1.165, 1.54) is 17.7 Å². The molecule has 0 spiro atoms. The van der Waals surface area contributed by atoms with Crippen molar-refractivity contribution in [1.29, 1.82) is 0 Å². The minimum Gasteiger partial charge on any atom is -0.489 e. The van der Waals surface area contributed by atoms with Crippen LogP contribution in [0.4, 0.5) is 4.39 Å². The molecule has 3 rings (SSSR count). The summed E-state index contributed by atoms with van der Waals surface area (Å²) < 4.78 is 24.1. The molecule has 0 saturated carbocycles. The number of amides is 1. The number of rotatable bonds is 7. The molecule has 29 heavy (non-hydrogen) atoms. The first-order chi connectivity index (χ1) is 13.8. The molecule has 1 N–H and O–H groups in total. The van der Waals surface area contributed by atoms with E-state index >= 15 is 0 Å². The van der Waals surface area contributed by atoms with Crippen molar-refractivity contribution in [2.45, 2.75) is 46.3 Å². The molecular weight excluding hydrogens is 371 g/mol. The number of hydrogen-bond donors (Lipinski definition) is 1. The highest BCUT2D eigenvalue weighted by molar-refractivity contribution is 5.94. The summed E-state index contributed by atoms with van der Waals surface area (Å²) in [7, 11) is 0. The van der Waals surface area contributed by atoms with Crippen molar-refractivity contribution in [3.05, 3.63) is 82.5 Å². The third kappa shape index (κ3) is 5.02. The lowest BCUT2D eigenvalue weighted by atomic mass is 9.99. The second kappa shape index (κ2) is 8.90. The van der Waals surface area contributed by atoms with Crippen LogP contribution in [-0.2, 0) is 6.61 Å². The zero-order valence-electron chi connectivity index (χ0n) is 17.0. The molecule has 2 aromatic carbocycles. The highest BCUT2D eigenvalue weighted by atomic mass is 19.1. The molecule has 1 amide bonds. The average molecular weight is 396 g/mol. The maximum atomic E-state index is 13.3. The van der Waals surface area contributed by atoms with E-state index in [0.29, 0.717) is 23.0 Å². The maximum absolute atomic E-state index is 13.3. The van der Waals surface area contributed by atoms with Gasteiger partial charge in [-0.15, -0.1) is 0 Å². The van der Waals surface area contributed by atoms with E-state index < -0.39 is 0 Å². The molecular formula is C23H25FN2O3. The summed E-state index contributed by atoms with van der Waals surface area (Å²) in [6.07, 6.45) is 0. The topological polar surface area (TPSA) is 64.4 Å². The van der Waals surface area contributed by atoms with Crippen molar-refractivity contribution >= 4 is 5.91 Å². The fourth-order valence-electron chi connectivity index (χ4n) is 2.97. The third-order valence-electron chi connectivity index (χ3n) is 4.83. The SMILES string of the molecule is Cc1onc(C(=O)NC(C)c2ccc(C(C)C)cc2)c1COc1cccc(F)c1. The van der Waals surface area contributed by atoms with Crippen LogP contribution in [-0.4, -0.2) is 11.1 Å². The Morgan fingerprint density at radius 3 is 2.48 bits per heavy atom. The van der Waals surface area contributed by atoms with Gasteiger partial charge in [0.2, 0.25) is 0 Å². The van der Waals surface area contributed by atoms with E-state index in [-0.39, 0.29) is 30.1 Å². The predicted octanol–water partition coefficient (Wildman–Crippen LogP) is 5.32. The van der Waals surface area contributed by atoms with Gasteiger partial charge in [0, 0.05) is 6.07 Å². The molecule has 1 heterocycles. The monoisotopic (exact) mass is 396 g/mol. The van der Waals surface area contributed by atoms with Crippen molar-refractivity contribution in [2.24, 2.45) is 0 Å². The van der Waals surface area contributed by atoms with Crippen LogP contribution >= 0.6 is 0 Å². The van der Waals surface area contributed by atoms with E-state index in [1.54, 1.807) is 19.1 Å². The third-order valence-corrected chi connectivity index (χ3v) is 4.83. The molecule has 0 fully saturated rings. The predicted molar refractivity (Wildman–Crippen MR) is 108 cm³/mol. The average Bonchev–Trinajstić information content (AvgIpc) is 3.07. The van der Waals surface area contributed by atoms with Crippen LogP contribution in [0, 0.1) is 12.7 Å². The normalized spacial score (nSPS) is 12.1. The number of carbonyl (C=O) groups excluding carboxylic acids is 1. The Hall–Kier alpha value is -3.15. The van der Waals surface area contributed by atoms with E-state index in [9.17, 15) is 9.18 Å². The van der Waals surface area contributed by atoms with Gasteiger partial charge in [-0.2, -0.15) is 0 Å². The second-order valence-electron chi connectivity index (χ2n) is 7.33. The molecule has 1 unspecified atom stereocenters. The zero-order valence-corrected chi connectivity index (χ0v) is 17.0. The largest absolute Gasteiger partial charge is 0.489 e. The van der Waals surface area contributed by atoms with Gasteiger partial charge in [-0.3, -0.25) is 4.79 Å². The summed E-state index contributed by atoms with van der Waals surface area (Å²) in [5, 5.41) is 6.83. The van der Waals surface area contributed by atoms with Gasteiger partial charge >= 0.3 is 0 Å². The zero-order chi connectivity index (χ0) is 21.0. The van der Waals surface area contributed by atoms with E-state index in [2.05, 4.69) is 36.5 Å². The number of nitrogens with one attached hydrogen (secondary N) is 1. The lowest BCUT2D eigenvalue weighted by molar-refractivity contribution is 0.0928. The summed E-state index contributed by atoms with van der Waals surface area (Å²) in [5.74, 6) is 0.573. The van der Waals surface area contributed by atoms with Crippen LogP contribution < -0.4 is 10.1 Å². The van der Waals surface area contributed by atoms with Crippen molar-refractivity contribution in [3.63, 3.8) is 0 Å². The second-order valence-corrected chi connectivity index (χ2v) is 7.33. The molecule has 6 heteroatoms. The van der Waals surface area contributed by atoms with Gasteiger partial charge in [-0.25, -0.2) is 4.39 Å². The van der Waals surface area contributed by atoms with Crippen molar-refractivity contribution in [2.75, 3.05) is 0 Å². The van der Waals surface area contributed by atoms with Gasteiger partial charge in [0.15, 0.2) is 5.69 Å². The molecule has 0 radical (unpaired) electrons. The number of hydrogen-bond acceptors (Lipinski definition) is 4. The number of benzene rings is 2. The standard InChI is InChI=1S/C23H25FN2O3/c1-14(2)17-8-10-18(11-9-17)15(3)25-23(27)22-21(16(4)29-26-22)13-28-20-7-5-6-19(24)12-20/h5-12,14-15H,13H2,1-4H3,(H,25,27). The number of carbonyl (C=O) groups is 1. The minimum absolute atomic E-state index is 0.0546. The molecule has 1 atom stereocenters. The molecule has 3 aromatic rings. The van der Waals surface area contributed by atoms with Gasteiger partial charge in [0.1, 0.15) is 23.9 Å². The Bertz CT molecular complexity index is 980. The van der Waals surface area contributed by atoms with Gasteiger partial charge in [-0.05, 0) is 43.0 Å². The molecule has 0 aliphatic rings. The van der Waals surface area contributed by atoms with Crippen LogP contribution in [0.15, 0.2) is 53.1 Å². The van der Waals surface area contributed by atoms with Gasteiger partial charge in [0.25, 0.3) is 5.91 Å². The molecule has 5 nitrogen and oxygen atoms in total. The van der Waals surface area contributed by atoms with Crippen molar-refractivity contribution in [1.82, 2.24) is 10.5 Å². The molecule has 0 aliphatic carbocycles. The molecule has 0 saturated heterocycles. The fourth-order valence-corrected chi connectivity index (χ4v) is 2.97. The Labute approximate surface area is 169 Å². The lowest BCUT2D eigenvalue weighted by Gasteiger charge is -2.15. The Morgan fingerprint density at radius 1 is 1.14 bits per heavy atom. The van der Waals surface area contributed by atoms with Gasteiger partial charge < -0.3 is 14.6 Å². The summed E-state index contributed by atoms with van der Waals surface area (Å²) in [6.45, 7) is 7.96. The van der Waals surface area contributed by atoms with Crippen LogP contribution in [0.25, 0.3) is 0 Å². The highest BCUT2D eigenvalue weighted by Gasteiger charge is 2.22. The molecule has 1 aromatic heterocycles. The van der Waals surface area contributed by atoms with E-state index in [0.717, 1.165) is 5.56 Å². The number of halogens is 1. The van der Waals surface area contributed by atoms with Crippen LogP contribution in [0.3, 0.4) is 0 Å². The Kier molecular flexibility index (Phi) is 6.32. The van der Waals surface area contributed by atoms with Crippen LogP contribution in [0.1, 0.15) is 65.7 Å². The van der Waals surface area contributed by atoms with E-state index in [1.807, 2.05) is 19.1 Å². The van der Waals surface area contributed by atoms with Crippen LogP contribution in [0.2, 0.25) is 0 Å². The number of nitrogens with zero attached hydrogens (tertiary/aromatic N) is 1. The van der Waals surface area contributed by atoms with E-state index in [4.69, 9.17) is 9.26 Å². The summed E-state index contributed by atoms with van der Waals surface area (Å²) >= 11 is 0. The molecule has 0 aliphatic heterocycles.